The Morgan fingerprint density at radius 1 is 1.29 bits per heavy atom. The van der Waals surface area contributed by atoms with Gasteiger partial charge in [-0.05, 0) is 31.0 Å². The number of nitrogens with zero attached hydrogens (tertiary/aromatic N) is 1. The number of carboxylic acid groups (broad SMARTS) is 1. The molecule has 2 aromatic rings. The van der Waals surface area contributed by atoms with Gasteiger partial charge in [0, 0.05) is 6.04 Å². The number of fused-ring (bicyclic) bond motifs is 1. The predicted octanol–water partition coefficient (Wildman–Crippen LogP) is 3.56. The highest BCUT2D eigenvalue weighted by molar-refractivity contribution is 5.92. The Hall–Kier alpha value is -2.04. The molecule has 2 rings (SSSR count). The molecule has 0 aliphatic heterocycles. The number of carboxylic acids is 1. The van der Waals surface area contributed by atoms with Gasteiger partial charge in [-0.3, -0.25) is 4.57 Å². The first-order valence-corrected chi connectivity index (χ1v) is 7.56. The van der Waals surface area contributed by atoms with Crippen molar-refractivity contribution in [1.82, 2.24) is 9.55 Å². The van der Waals surface area contributed by atoms with Crippen LogP contribution in [0.3, 0.4) is 0 Å². The molecule has 0 radical (unpaired) electrons. The van der Waals surface area contributed by atoms with Gasteiger partial charge in [0.15, 0.2) is 0 Å². The molecule has 0 fully saturated rings. The van der Waals surface area contributed by atoms with Crippen molar-refractivity contribution in [1.29, 1.82) is 0 Å². The molecule has 2 N–H and O–H groups in total. The van der Waals surface area contributed by atoms with Gasteiger partial charge in [0.1, 0.15) is 0 Å². The second-order valence-corrected chi connectivity index (χ2v) is 5.42. The van der Waals surface area contributed by atoms with Gasteiger partial charge in [-0.1, -0.05) is 33.1 Å². The van der Waals surface area contributed by atoms with E-state index < -0.39 is 5.97 Å². The second kappa shape index (κ2) is 6.61. The molecule has 114 valence electrons. The van der Waals surface area contributed by atoms with Crippen molar-refractivity contribution in [2.24, 2.45) is 0 Å². The summed E-state index contributed by atoms with van der Waals surface area (Å²) in [6.07, 6.45) is 5.11. The Kier molecular flexibility index (Phi) is 4.83. The minimum Gasteiger partial charge on any atom is -0.478 e. The zero-order valence-corrected chi connectivity index (χ0v) is 12.6. The first-order valence-electron chi connectivity index (χ1n) is 7.56. The van der Waals surface area contributed by atoms with E-state index >= 15 is 0 Å². The second-order valence-electron chi connectivity index (χ2n) is 5.42. The molecule has 0 spiro atoms. The fourth-order valence-corrected chi connectivity index (χ4v) is 2.80. The van der Waals surface area contributed by atoms with Crippen LogP contribution in [0.5, 0.6) is 0 Å². The van der Waals surface area contributed by atoms with E-state index in [4.69, 9.17) is 5.11 Å². The Bertz CT molecular complexity index is 684. The van der Waals surface area contributed by atoms with Crippen LogP contribution in [0.2, 0.25) is 0 Å². The van der Waals surface area contributed by atoms with Crippen LogP contribution >= 0.6 is 0 Å². The summed E-state index contributed by atoms with van der Waals surface area (Å²) in [5.74, 6) is -0.985. The van der Waals surface area contributed by atoms with E-state index in [9.17, 15) is 9.59 Å². The smallest absolute Gasteiger partial charge is 0.335 e. The third-order valence-electron chi connectivity index (χ3n) is 3.84. The molecule has 0 saturated heterocycles. The zero-order chi connectivity index (χ0) is 15.4. The largest absolute Gasteiger partial charge is 0.478 e. The average Bonchev–Trinajstić information content (AvgIpc) is 2.78. The van der Waals surface area contributed by atoms with Gasteiger partial charge in [-0.15, -0.1) is 0 Å². The van der Waals surface area contributed by atoms with E-state index in [-0.39, 0.29) is 17.3 Å². The number of carbonyl (C=O) groups is 1. The Morgan fingerprint density at radius 3 is 2.67 bits per heavy atom. The minimum atomic E-state index is -0.985. The van der Waals surface area contributed by atoms with Crippen LogP contribution in [0.15, 0.2) is 23.0 Å². The lowest BCUT2D eigenvalue weighted by Gasteiger charge is -2.17. The summed E-state index contributed by atoms with van der Waals surface area (Å²) in [4.78, 5) is 26.1. The molecular weight excluding hydrogens is 268 g/mol. The van der Waals surface area contributed by atoms with Crippen molar-refractivity contribution < 1.29 is 9.90 Å². The van der Waals surface area contributed by atoms with Gasteiger partial charge < -0.3 is 10.1 Å². The predicted molar refractivity (Wildman–Crippen MR) is 83.0 cm³/mol. The lowest BCUT2D eigenvalue weighted by molar-refractivity contribution is 0.0697. The standard InChI is InChI=1S/C16H22N2O3/c1-3-5-7-12(6-4-2)18-14-9-8-11(15(19)20)10-13(14)17-16(18)21/h8-10,12H,3-7H2,1-2H3,(H,17,21)(H,19,20). The molecule has 0 amide bonds. The Labute approximate surface area is 123 Å². The Balaban J connectivity index is 2.48. The fraction of sp³-hybridized carbons (Fsp3) is 0.500. The summed E-state index contributed by atoms with van der Waals surface area (Å²) < 4.78 is 1.79. The molecule has 0 bridgehead atoms. The number of H-pyrrole nitrogens is 1. The van der Waals surface area contributed by atoms with Gasteiger partial charge in [-0.2, -0.15) is 0 Å². The maximum Gasteiger partial charge on any atom is 0.335 e. The lowest BCUT2D eigenvalue weighted by Crippen LogP contribution is -2.22. The maximum atomic E-state index is 12.3. The molecule has 1 aromatic carbocycles. The molecule has 5 nitrogen and oxygen atoms in total. The van der Waals surface area contributed by atoms with E-state index in [1.165, 1.54) is 6.07 Å². The van der Waals surface area contributed by atoms with Crippen LogP contribution in [0.25, 0.3) is 11.0 Å². The highest BCUT2D eigenvalue weighted by Crippen LogP contribution is 2.24. The maximum absolute atomic E-state index is 12.3. The van der Waals surface area contributed by atoms with Gasteiger partial charge >= 0.3 is 11.7 Å². The number of hydrogen-bond acceptors (Lipinski definition) is 2. The van der Waals surface area contributed by atoms with Crippen molar-refractivity contribution in [3.63, 3.8) is 0 Å². The SMILES string of the molecule is CCCCC(CCC)n1c(=O)[nH]c2cc(C(=O)O)ccc21. The van der Waals surface area contributed by atoms with Crippen LogP contribution in [0.1, 0.15) is 62.4 Å². The number of aromatic nitrogens is 2. The number of imidazole rings is 1. The van der Waals surface area contributed by atoms with E-state index in [0.29, 0.717) is 5.52 Å². The fourth-order valence-electron chi connectivity index (χ4n) is 2.80. The Morgan fingerprint density at radius 2 is 2.05 bits per heavy atom. The van der Waals surface area contributed by atoms with Gasteiger partial charge in [0.25, 0.3) is 0 Å². The molecule has 1 atom stereocenters. The summed E-state index contributed by atoms with van der Waals surface area (Å²) in [6.45, 7) is 4.25. The summed E-state index contributed by atoms with van der Waals surface area (Å²) in [5, 5.41) is 9.03. The first kappa shape index (κ1) is 15.4. The highest BCUT2D eigenvalue weighted by atomic mass is 16.4. The van der Waals surface area contributed by atoms with Crippen LogP contribution in [0.4, 0.5) is 0 Å². The quantitative estimate of drug-likeness (QED) is 0.818. The summed E-state index contributed by atoms with van der Waals surface area (Å²) in [6, 6.07) is 4.98. The van der Waals surface area contributed by atoms with Crippen LogP contribution in [0, 0.1) is 0 Å². The van der Waals surface area contributed by atoms with Crippen LogP contribution in [-0.2, 0) is 0 Å². The van der Waals surface area contributed by atoms with Gasteiger partial charge in [0.2, 0.25) is 0 Å². The molecule has 1 aromatic heterocycles. The van der Waals surface area contributed by atoms with Crippen LogP contribution < -0.4 is 5.69 Å². The highest BCUT2D eigenvalue weighted by Gasteiger charge is 2.17. The molecule has 0 aliphatic rings. The van der Waals surface area contributed by atoms with Crippen molar-refractivity contribution in [3.05, 3.63) is 34.2 Å². The average molecular weight is 290 g/mol. The molecule has 0 aliphatic carbocycles. The first-order chi connectivity index (χ1) is 10.1. The molecule has 1 heterocycles. The monoisotopic (exact) mass is 290 g/mol. The number of benzene rings is 1. The van der Waals surface area contributed by atoms with E-state index in [0.717, 1.165) is 37.6 Å². The van der Waals surface area contributed by atoms with Gasteiger partial charge in [0.05, 0.1) is 16.6 Å². The van der Waals surface area contributed by atoms with Crippen molar-refractivity contribution >= 4 is 17.0 Å². The molecular formula is C16H22N2O3. The normalized spacial score (nSPS) is 12.7. The number of rotatable bonds is 7. The molecule has 1 unspecified atom stereocenters. The summed E-state index contributed by atoms with van der Waals surface area (Å²) in [7, 11) is 0. The molecule has 5 heteroatoms. The summed E-state index contributed by atoms with van der Waals surface area (Å²) in [5.41, 5.74) is 1.43. The van der Waals surface area contributed by atoms with E-state index in [1.807, 2.05) is 0 Å². The molecule has 0 saturated carbocycles. The number of nitrogens with one attached hydrogen (secondary N) is 1. The van der Waals surface area contributed by atoms with Crippen LogP contribution in [-0.4, -0.2) is 20.6 Å². The van der Waals surface area contributed by atoms with Gasteiger partial charge in [-0.25, -0.2) is 9.59 Å². The lowest BCUT2D eigenvalue weighted by atomic mass is 10.0. The van der Waals surface area contributed by atoms with Crippen molar-refractivity contribution in [2.75, 3.05) is 0 Å². The van der Waals surface area contributed by atoms with E-state index in [1.54, 1.807) is 16.7 Å². The van der Waals surface area contributed by atoms with Crippen molar-refractivity contribution in [3.8, 4) is 0 Å². The number of unbranched alkanes of at least 4 members (excludes halogenated alkanes) is 1. The number of aromatic amines is 1. The third kappa shape index (κ3) is 3.17. The minimum absolute atomic E-state index is 0.151. The zero-order valence-electron chi connectivity index (χ0n) is 12.6. The summed E-state index contributed by atoms with van der Waals surface area (Å²) >= 11 is 0. The topological polar surface area (TPSA) is 75.1 Å². The third-order valence-corrected chi connectivity index (χ3v) is 3.84. The number of hydrogen-bond donors (Lipinski definition) is 2. The van der Waals surface area contributed by atoms with E-state index in [2.05, 4.69) is 18.8 Å². The van der Waals surface area contributed by atoms with Crippen molar-refractivity contribution in [2.45, 2.75) is 52.0 Å². The molecule has 21 heavy (non-hydrogen) atoms. The number of aromatic carboxylic acids is 1.